The molecule has 1 saturated heterocycles. The van der Waals surface area contributed by atoms with Crippen LogP contribution in [0.15, 0.2) is 115 Å². The van der Waals surface area contributed by atoms with Crippen LogP contribution in [0.2, 0.25) is 0 Å². The van der Waals surface area contributed by atoms with Gasteiger partial charge in [0.2, 0.25) is 0 Å². The molecule has 6 rings (SSSR count). The minimum Gasteiger partial charge on any atom is -0.481 e. The number of carbonyl (C=O) groups is 2. The molecule has 2 N–H and O–H groups in total. The molecule has 1 amide bonds. The number of aromatic nitrogens is 1. The van der Waals surface area contributed by atoms with Gasteiger partial charge in [-0.05, 0) is 71.7 Å². The summed E-state index contributed by atoms with van der Waals surface area (Å²) in [4.78, 5) is 26.1. The largest absolute Gasteiger partial charge is 0.494 e. The van der Waals surface area contributed by atoms with Gasteiger partial charge >= 0.3 is 13.1 Å². The fourth-order valence-corrected chi connectivity index (χ4v) is 6.55. The smallest absolute Gasteiger partial charge is 0.481 e. The van der Waals surface area contributed by atoms with Gasteiger partial charge in [0.15, 0.2) is 0 Å². The summed E-state index contributed by atoms with van der Waals surface area (Å²) in [7, 11) is -0.702. The molecule has 5 aromatic rings. The molecule has 244 valence electrons. The second-order valence-corrected chi connectivity index (χ2v) is 12.4. The number of rotatable bonds is 11. The van der Waals surface area contributed by atoms with E-state index in [4.69, 9.17) is 9.31 Å². The number of hydrogen-bond acceptors (Lipinski definition) is 4. The summed E-state index contributed by atoms with van der Waals surface area (Å²) in [6, 6.07) is 35.0. The van der Waals surface area contributed by atoms with Crippen molar-refractivity contribution >= 4 is 30.1 Å². The predicted molar refractivity (Wildman–Crippen MR) is 187 cm³/mol. The monoisotopic (exact) mass is 644 g/mol. The van der Waals surface area contributed by atoms with Gasteiger partial charge in [-0.3, -0.25) is 9.59 Å². The number of nitrogens with one attached hydrogen (secondary N) is 1. The molecule has 1 aliphatic rings. The molecule has 1 fully saturated rings. The van der Waals surface area contributed by atoms with Crippen molar-refractivity contribution in [2.45, 2.75) is 57.8 Å². The van der Waals surface area contributed by atoms with Crippen LogP contribution in [0.25, 0.3) is 22.4 Å². The number of carboxylic acids is 1. The zero-order valence-electron chi connectivity index (χ0n) is 27.0. The Morgan fingerprint density at radius 1 is 0.854 bits per heavy atom. The van der Waals surface area contributed by atoms with Crippen LogP contribution in [0, 0.1) is 5.82 Å². The molecule has 2 atom stereocenters. The molecule has 0 unspecified atom stereocenters. The van der Waals surface area contributed by atoms with Gasteiger partial charge in [0.25, 0.3) is 5.91 Å². The van der Waals surface area contributed by atoms with Crippen LogP contribution in [-0.2, 0) is 20.6 Å². The molecule has 0 bridgehead atoms. The van der Waals surface area contributed by atoms with Crippen molar-refractivity contribution in [3.63, 3.8) is 0 Å². The SMILES string of the molecule is CC(C)c1c(C(=O)Nc2ccccc2)c(-c2ccccc2)c(-c2ccc(F)cc2)n1CC[C@@H]1C[C@H](CC(=O)O)OB(c2ccccc2)O1. The van der Waals surface area contributed by atoms with Crippen LogP contribution < -0.4 is 10.8 Å². The Morgan fingerprint density at radius 2 is 1.46 bits per heavy atom. The maximum Gasteiger partial charge on any atom is 0.494 e. The molecule has 48 heavy (non-hydrogen) atoms. The molecule has 0 radical (unpaired) electrons. The first-order chi connectivity index (χ1) is 23.3. The highest BCUT2D eigenvalue weighted by atomic mass is 19.1. The minimum atomic E-state index is -0.930. The summed E-state index contributed by atoms with van der Waals surface area (Å²) in [5.41, 5.74) is 6.10. The number of aliphatic carboxylic acids is 1. The van der Waals surface area contributed by atoms with Gasteiger partial charge in [-0.15, -0.1) is 0 Å². The Morgan fingerprint density at radius 3 is 2.08 bits per heavy atom. The summed E-state index contributed by atoms with van der Waals surface area (Å²) in [5, 5.41) is 12.7. The van der Waals surface area contributed by atoms with Gasteiger partial charge in [-0.2, -0.15) is 0 Å². The Hall–Kier alpha value is -4.99. The molecule has 7 nitrogen and oxygen atoms in total. The summed E-state index contributed by atoms with van der Waals surface area (Å²) >= 11 is 0. The van der Waals surface area contributed by atoms with E-state index in [1.54, 1.807) is 12.1 Å². The van der Waals surface area contributed by atoms with Crippen molar-refractivity contribution in [1.82, 2.24) is 4.57 Å². The maximum absolute atomic E-state index is 14.4. The minimum absolute atomic E-state index is 0.0642. The van der Waals surface area contributed by atoms with E-state index in [-0.39, 0.29) is 30.2 Å². The second-order valence-electron chi connectivity index (χ2n) is 12.4. The average molecular weight is 645 g/mol. The van der Waals surface area contributed by atoms with E-state index in [1.165, 1.54) is 12.1 Å². The number of nitrogens with zero attached hydrogens (tertiary/aromatic N) is 1. The quantitative estimate of drug-likeness (QED) is 0.144. The molecule has 9 heteroatoms. The Bertz CT molecular complexity index is 1850. The average Bonchev–Trinajstić information content (AvgIpc) is 3.44. The molecule has 2 heterocycles. The maximum atomic E-state index is 14.4. The first-order valence-corrected chi connectivity index (χ1v) is 16.3. The number of hydrogen-bond donors (Lipinski definition) is 2. The number of carboxylic acid groups (broad SMARTS) is 1. The van der Waals surface area contributed by atoms with E-state index in [1.807, 2.05) is 91.0 Å². The number of benzene rings is 4. The van der Waals surface area contributed by atoms with Crippen LogP contribution in [0.3, 0.4) is 0 Å². The Kier molecular flexibility index (Phi) is 10.2. The lowest BCUT2D eigenvalue weighted by atomic mass is 9.76. The first kappa shape index (κ1) is 32.9. The third-order valence-electron chi connectivity index (χ3n) is 8.60. The number of amides is 1. The standard InChI is InChI=1S/C39H38BFN2O5/c1-26(2)37-36(39(46)42-31-16-10-5-11-17-31)35(27-12-6-3-7-13-27)38(28-18-20-30(41)21-19-28)43(37)23-22-32-24-33(25-34(44)45)48-40(47-32)29-14-8-4-9-15-29/h3-21,26,32-33H,22-25H2,1-2H3,(H,42,46)(H,44,45)/t32-,33-/m1/s1. The van der Waals surface area contributed by atoms with Crippen molar-refractivity contribution in [3.05, 3.63) is 132 Å². The zero-order chi connectivity index (χ0) is 33.6. The van der Waals surface area contributed by atoms with Crippen LogP contribution in [0.1, 0.15) is 55.1 Å². The van der Waals surface area contributed by atoms with Crippen molar-refractivity contribution in [3.8, 4) is 22.4 Å². The molecule has 0 spiro atoms. The highest BCUT2D eigenvalue weighted by Crippen LogP contribution is 2.43. The van der Waals surface area contributed by atoms with E-state index in [0.717, 1.165) is 33.5 Å². The molecule has 1 aromatic heterocycles. The summed E-state index contributed by atoms with van der Waals surface area (Å²) < 4.78 is 29.0. The van der Waals surface area contributed by atoms with Crippen LogP contribution >= 0.6 is 0 Å². The molecule has 0 saturated carbocycles. The van der Waals surface area contributed by atoms with Crippen LogP contribution in [-0.4, -0.2) is 40.9 Å². The summed E-state index contributed by atoms with van der Waals surface area (Å²) in [6.45, 7) is 4.59. The number of halogens is 1. The second kappa shape index (κ2) is 14.8. The van der Waals surface area contributed by atoms with E-state index < -0.39 is 19.2 Å². The highest BCUT2D eigenvalue weighted by molar-refractivity contribution is 6.61. The molecular formula is C39H38BFN2O5. The number of carbonyl (C=O) groups excluding carboxylic acids is 1. The lowest BCUT2D eigenvalue weighted by Gasteiger charge is -2.34. The lowest BCUT2D eigenvalue weighted by molar-refractivity contribution is -0.140. The van der Waals surface area contributed by atoms with Gasteiger partial charge in [0.1, 0.15) is 5.82 Å². The van der Waals surface area contributed by atoms with Gasteiger partial charge in [0.05, 0.1) is 23.8 Å². The van der Waals surface area contributed by atoms with E-state index in [9.17, 15) is 19.1 Å². The van der Waals surface area contributed by atoms with Gasteiger partial charge in [-0.25, -0.2) is 4.39 Å². The molecule has 0 aliphatic carbocycles. The third kappa shape index (κ3) is 7.43. The van der Waals surface area contributed by atoms with Crippen molar-refractivity contribution in [1.29, 1.82) is 0 Å². The fourth-order valence-electron chi connectivity index (χ4n) is 6.55. The molecule has 1 aliphatic heterocycles. The van der Waals surface area contributed by atoms with Gasteiger partial charge in [-0.1, -0.05) is 92.7 Å². The number of para-hydroxylation sites is 1. The normalized spacial score (nSPS) is 16.2. The summed E-state index contributed by atoms with van der Waals surface area (Å²) in [6.07, 6.45) is -0.0402. The van der Waals surface area contributed by atoms with Crippen molar-refractivity contribution < 1.29 is 28.4 Å². The Balaban J connectivity index is 1.46. The highest BCUT2D eigenvalue weighted by Gasteiger charge is 2.37. The predicted octanol–water partition coefficient (Wildman–Crippen LogP) is 7.77. The fraction of sp³-hybridized carbons (Fsp3) is 0.231. The Labute approximate surface area is 280 Å². The molecule has 4 aromatic carbocycles. The van der Waals surface area contributed by atoms with E-state index >= 15 is 0 Å². The van der Waals surface area contributed by atoms with Gasteiger partial charge < -0.3 is 24.3 Å². The molecular weight excluding hydrogens is 606 g/mol. The zero-order valence-corrected chi connectivity index (χ0v) is 27.0. The van der Waals surface area contributed by atoms with E-state index in [0.29, 0.717) is 30.6 Å². The number of anilines is 1. The van der Waals surface area contributed by atoms with Crippen molar-refractivity contribution in [2.24, 2.45) is 0 Å². The van der Waals surface area contributed by atoms with Crippen molar-refractivity contribution in [2.75, 3.05) is 5.32 Å². The summed E-state index contributed by atoms with van der Waals surface area (Å²) in [5.74, 6) is -1.58. The van der Waals surface area contributed by atoms with Gasteiger partial charge in [0, 0.05) is 29.6 Å². The van der Waals surface area contributed by atoms with Crippen LogP contribution in [0.5, 0.6) is 0 Å². The van der Waals surface area contributed by atoms with Crippen LogP contribution in [0.4, 0.5) is 10.1 Å². The first-order valence-electron chi connectivity index (χ1n) is 16.3. The third-order valence-corrected chi connectivity index (χ3v) is 8.60. The van der Waals surface area contributed by atoms with E-state index in [2.05, 4.69) is 23.7 Å². The lowest BCUT2D eigenvalue weighted by Crippen LogP contribution is -2.49. The topological polar surface area (TPSA) is 89.8 Å².